The minimum absolute atomic E-state index is 0.00870. The van der Waals surface area contributed by atoms with Crippen LogP contribution in [0.15, 0.2) is 40.8 Å². The van der Waals surface area contributed by atoms with Crippen molar-refractivity contribution < 1.29 is 4.79 Å². The monoisotopic (exact) mass is 218 g/mol. The molecule has 0 atom stereocenters. The van der Waals surface area contributed by atoms with Gasteiger partial charge in [-0.25, -0.2) is 0 Å². The molecule has 0 aromatic rings. The normalized spacial score (nSPS) is 15.1. The summed E-state index contributed by atoms with van der Waals surface area (Å²) in [5, 5.41) is 2.88. The summed E-state index contributed by atoms with van der Waals surface area (Å²) in [5.41, 5.74) is 11.3. The van der Waals surface area contributed by atoms with Gasteiger partial charge in [-0.05, 0) is 30.2 Å². The molecule has 16 heavy (non-hydrogen) atoms. The molecule has 1 amide bonds. The molecular weight excluding hydrogens is 200 g/mol. The van der Waals surface area contributed by atoms with E-state index >= 15 is 0 Å². The van der Waals surface area contributed by atoms with Crippen molar-refractivity contribution in [2.75, 3.05) is 6.54 Å². The lowest BCUT2D eigenvalue weighted by atomic mass is 10.1. The maximum Gasteiger partial charge on any atom is 0.222 e. The zero-order chi connectivity index (χ0) is 12.1. The number of hydrogen-bond acceptors (Lipinski definition) is 2. The summed E-state index contributed by atoms with van der Waals surface area (Å²) < 4.78 is 0. The zero-order valence-corrected chi connectivity index (χ0v) is 10.0. The lowest BCUT2D eigenvalue weighted by Crippen LogP contribution is -2.29. The smallest absolute Gasteiger partial charge is 0.222 e. The maximum atomic E-state index is 11.4. The highest BCUT2D eigenvalue weighted by molar-refractivity contribution is 5.78. The summed E-state index contributed by atoms with van der Waals surface area (Å²) in [4.78, 5) is 11.4. The van der Waals surface area contributed by atoms with Crippen molar-refractivity contribution in [2.24, 2.45) is 11.7 Å². The van der Waals surface area contributed by atoms with Crippen LogP contribution in [-0.4, -0.2) is 12.5 Å². The number of carbonyl (C=O) groups excluding carboxylic acids is 1. The molecule has 1 aliphatic rings. The van der Waals surface area contributed by atoms with Crippen LogP contribution < -0.4 is 11.1 Å². The van der Waals surface area contributed by atoms with Crippen LogP contribution >= 0.6 is 0 Å². The van der Waals surface area contributed by atoms with Crippen molar-refractivity contribution in [3.8, 4) is 0 Å². The van der Waals surface area contributed by atoms with Gasteiger partial charge in [0.2, 0.25) is 5.91 Å². The van der Waals surface area contributed by atoms with E-state index < -0.39 is 0 Å². The molecule has 0 aliphatic heterocycles. The van der Waals surface area contributed by atoms with Gasteiger partial charge in [-0.15, -0.1) is 0 Å². The van der Waals surface area contributed by atoms with Gasteiger partial charge in [0.15, 0.2) is 0 Å². The largest absolute Gasteiger partial charge is 0.392 e. The lowest BCUT2D eigenvalue weighted by Gasteiger charge is -2.09. The Morgan fingerprint density at radius 3 is 2.81 bits per heavy atom. The second-order valence-corrected chi connectivity index (χ2v) is 4.16. The molecular formula is C13H18N2O. The van der Waals surface area contributed by atoms with Crippen LogP contribution in [0.5, 0.6) is 0 Å². The molecule has 0 unspecified atom stereocenters. The molecule has 0 aromatic heterocycles. The third-order valence-electron chi connectivity index (χ3n) is 2.40. The Kier molecular flexibility index (Phi) is 4.15. The van der Waals surface area contributed by atoms with Gasteiger partial charge in [0.25, 0.3) is 0 Å². The van der Waals surface area contributed by atoms with Gasteiger partial charge in [-0.1, -0.05) is 25.7 Å². The molecule has 86 valence electrons. The topological polar surface area (TPSA) is 55.1 Å². The lowest BCUT2D eigenvalue weighted by molar-refractivity contribution is -0.123. The second-order valence-electron chi connectivity index (χ2n) is 4.16. The van der Waals surface area contributed by atoms with E-state index in [-0.39, 0.29) is 11.8 Å². The van der Waals surface area contributed by atoms with Crippen LogP contribution in [0.1, 0.15) is 20.8 Å². The molecule has 3 nitrogen and oxygen atoms in total. The molecule has 3 heteroatoms. The quantitative estimate of drug-likeness (QED) is 0.708. The van der Waals surface area contributed by atoms with Crippen LogP contribution in [0.4, 0.5) is 0 Å². The Morgan fingerprint density at radius 1 is 1.50 bits per heavy atom. The molecule has 0 aromatic carbocycles. The minimum atomic E-state index is 0.00870. The molecule has 0 heterocycles. The molecule has 0 spiro atoms. The molecule has 1 rings (SSSR count). The first-order valence-corrected chi connectivity index (χ1v) is 5.38. The van der Waals surface area contributed by atoms with Crippen LogP contribution in [0, 0.1) is 5.92 Å². The van der Waals surface area contributed by atoms with Crippen molar-refractivity contribution in [1.29, 1.82) is 0 Å². The Morgan fingerprint density at radius 2 is 2.19 bits per heavy atom. The third kappa shape index (κ3) is 3.44. The highest BCUT2D eigenvalue weighted by Crippen LogP contribution is 2.10. The standard InChI is InChI=1S/C13H18N2O/c1-9(2)13(16)15-8-11-5-7-12(14)6-4-10(11)3/h4-5,7,9H,8,14H2,1-3H3,(H,15,16). The first kappa shape index (κ1) is 12.3. The zero-order valence-electron chi connectivity index (χ0n) is 10.0. The van der Waals surface area contributed by atoms with Gasteiger partial charge in [-0.3, -0.25) is 4.79 Å². The highest BCUT2D eigenvalue weighted by Gasteiger charge is 2.07. The fourth-order valence-electron chi connectivity index (χ4n) is 1.24. The average molecular weight is 218 g/mol. The van der Waals surface area contributed by atoms with Gasteiger partial charge >= 0.3 is 0 Å². The van der Waals surface area contributed by atoms with Crippen molar-refractivity contribution in [2.45, 2.75) is 20.8 Å². The van der Waals surface area contributed by atoms with Crippen molar-refractivity contribution >= 4 is 5.91 Å². The third-order valence-corrected chi connectivity index (χ3v) is 2.40. The van der Waals surface area contributed by atoms with Crippen LogP contribution in [0.2, 0.25) is 0 Å². The molecule has 0 fully saturated rings. The molecule has 1 aliphatic carbocycles. The number of hydrogen-bond donors (Lipinski definition) is 2. The Hall–Kier alpha value is -1.73. The summed E-state index contributed by atoms with van der Waals surface area (Å²) in [7, 11) is 0. The number of rotatable bonds is 3. The van der Waals surface area contributed by atoms with E-state index in [9.17, 15) is 4.79 Å². The van der Waals surface area contributed by atoms with E-state index in [1.807, 2.05) is 32.9 Å². The summed E-state index contributed by atoms with van der Waals surface area (Å²) in [6, 6.07) is 0. The predicted molar refractivity (Wildman–Crippen MR) is 65.5 cm³/mol. The summed E-state index contributed by atoms with van der Waals surface area (Å²) in [6.07, 6.45) is 5.55. The Labute approximate surface area is 96.4 Å². The van der Waals surface area contributed by atoms with Gasteiger partial charge in [0, 0.05) is 12.5 Å². The van der Waals surface area contributed by atoms with Crippen LogP contribution in [0.3, 0.4) is 0 Å². The van der Waals surface area contributed by atoms with E-state index in [2.05, 4.69) is 11.0 Å². The Balaban J connectivity index is 2.67. The molecule has 3 N–H and O–H groups in total. The number of nitrogens with one attached hydrogen (secondary N) is 1. The summed E-state index contributed by atoms with van der Waals surface area (Å²) in [6.45, 7) is 6.26. The summed E-state index contributed by atoms with van der Waals surface area (Å²) >= 11 is 0. The van der Waals surface area contributed by atoms with Gasteiger partial charge < -0.3 is 11.1 Å². The number of carbonyl (C=O) groups is 1. The molecule has 0 saturated carbocycles. The Bertz CT molecular complexity index is 408. The first-order valence-electron chi connectivity index (χ1n) is 5.38. The van der Waals surface area contributed by atoms with Gasteiger partial charge in [0.05, 0.1) is 5.70 Å². The van der Waals surface area contributed by atoms with Crippen molar-refractivity contribution in [3.05, 3.63) is 40.8 Å². The van der Waals surface area contributed by atoms with E-state index in [1.54, 1.807) is 6.08 Å². The van der Waals surface area contributed by atoms with Gasteiger partial charge in [-0.2, -0.15) is 0 Å². The van der Waals surface area contributed by atoms with E-state index in [4.69, 9.17) is 5.73 Å². The van der Waals surface area contributed by atoms with E-state index in [0.717, 1.165) is 11.1 Å². The van der Waals surface area contributed by atoms with Crippen molar-refractivity contribution in [1.82, 2.24) is 5.32 Å². The second kappa shape index (κ2) is 5.38. The number of amides is 1. The van der Waals surface area contributed by atoms with Crippen LogP contribution in [-0.2, 0) is 4.79 Å². The van der Waals surface area contributed by atoms with Crippen LogP contribution in [0.25, 0.3) is 0 Å². The first-order chi connectivity index (χ1) is 7.50. The number of nitrogens with two attached hydrogens (primary N) is 1. The van der Waals surface area contributed by atoms with Crippen molar-refractivity contribution in [3.63, 3.8) is 0 Å². The summed E-state index contributed by atoms with van der Waals surface area (Å²) in [5.74, 6) is 0.0669. The number of allylic oxidation sites excluding steroid dienone is 2. The molecule has 0 radical (unpaired) electrons. The highest BCUT2D eigenvalue weighted by atomic mass is 16.1. The SMILES string of the molecule is CC1=C(CNC(=O)C(C)C)C=CC(N)=C=C1. The van der Waals surface area contributed by atoms with Gasteiger partial charge in [0.1, 0.15) is 0 Å². The fraction of sp³-hybridized carbons (Fsp3) is 0.385. The molecule has 0 saturated heterocycles. The fourth-order valence-corrected chi connectivity index (χ4v) is 1.24. The minimum Gasteiger partial charge on any atom is -0.392 e. The van der Waals surface area contributed by atoms with E-state index in [0.29, 0.717) is 12.2 Å². The molecule has 0 bridgehead atoms. The predicted octanol–water partition coefficient (Wildman–Crippen LogP) is 1.64. The van der Waals surface area contributed by atoms with E-state index in [1.165, 1.54) is 0 Å². The maximum absolute atomic E-state index is 11.4. The average Bonchev–Trinajstić information content (AvgIpc) is 2.39.